The molecule has 1 aromatic heterocycles. The lowest BCUT2D eigenvalue weighted by atomic mass is 10.2. The van der Waals surface area contributed by atoms with Gasteiger partial charge in [0.2, 0.25) is 0 Å². The molecule has 0 spiro atoms. The maximum Gasteiger partial charge on any atom is 0.280 e. The number of anilines is 2. The normalized spacial score (nSPS) is 10.5. The van der Waals surface area contributed by atoms with Gasteiger partial charge in [-0.25, -0.2) is 0 Å². The topological polar surface area (TPSA) is 75.0 Å². The SMILES string of the molecule is CCCCN(C(=O)c1n[nH]c(C)c1N)c1ccccc1. The molecular formula is C15H20N4O. The summed E-state index contributed by atoms with van der Waals surface area (Å²) in [6.07, 6.45) is 1.95. The summed E-state index contributed by atoms with van der Waals surface area (Å²) in [4.78, 5) is 14.4. The number of nitrogens with zero attached hydrogens (tertiary/aromatic N) is 2. The summed E-state index contributed by atoms with van der Waals surface area (Å²) in [5.41, 5.74) is 8.21. The van der Waals surface area contributed by atoms with Crippen molar-refractivity contribution in [3.8, 4) is 0 Å². The molecule has 5 nitrogen and oxygen atoms in total. The molecule has 5 heteroatoms. The zero-order valence-corrected chi connectivity index (χ0v) is 11.9. The summed E-state index contributed by atoms with van der Waals surface area (Å²) in [5, 5.41) is 6.79. The van der Waals surface area contributed by atoms with Crippen LogP contribution in [0.5, 0.6) is 0 Å². The van der Waals surface area contributed by atoms with Crippen molar-refractivity contribution in [2.24, 2.45) is 0 Å². The monoisotopic (exact) mass is 272 g/mol. The molecule has 0 saturated heterocycles. The number of nitrogens with one attached hydrogen (secondary N) is 1. The minimum absolute atomic E-state index is 0.161. The van der Waals surface area contributed by atoms with E-state index >= 15 is 0 Å². The van der Waals surface area contributed by atoms with Crippen LogP contribution in [0.25, 0.3) is 0 Å². The number of aromatic amines is 1. The van der Waals surface area contributed by atoms with Gasteiger partial charge in [-0.15, -0.1) is 0 Å². The second-order valence-electron chi connectivity index (χ2n) is 4.76. The Bertz CT molecular complexity index is 577. The van der Waals surface area contributed by atoms with Crippen molar-refractivity contribution in [1.82, 2.24) is 10.2 Å². The molecule has 0 aliphatic carbocycles. The highest BCUT2D eigenvalue weighted by atomic mass is 16.2. The molecule has 106 valence electrons. The van der Waals surface area contributed by atoms with Crippen LogP contribution in [0.15, 0.2) is 30.3 Å². The van der Waals surface area contributed by atoms with Crippen molar-refractivity contribution < 1.29 is 4.79 Å². The van der Waals surface area contributed by atoms with E-state index in [0.717, 1.165) is 24.2 Å². The molecule has 1 aromatic carbocycles. The van der Waals surface area contributed by atoms with E-state index in [1.54, 1.807) is 11.8 Å². The molecule has 0 unspecified atom stereocenters. The van der Waals surface area contributed by atoms with E-state index in [-0.39, 0.29) is 5.91 Å². The molecule has 20 heavy (non-hydrogen) atoms. The van der Waals surface area contributed by atoms with Gasteiger partial charge in [0.1, 0.15) is 0 Å². The number of carbonyl (C=O) groups is 1. The number of nitrogen functional groups attached to an aromatic ring is 1. The van der Waals surface area contributed by atoms with E-state index in [0.29, 0.717) is 17.9 Å². The summed E-state index contributed by atoms with van der Waals surface area (Å²) in [6.45, 7) is 4.56. The standard InChI is InChI=1S/C15H20N4O/c1-3-4-10-19(12-8-6-5-7-9-12)15(20)14-13(16)11(2)17-18-14/h5-9H,3-4,10,16H2,1-2H3,(H,17,18). The van der Waals surface area contributed by atoms with Crippen LogP contribution in [-0.4, -0.2) is 22.6 Å². The number of nitrogens with two attached hydrogens (primary N) is 1. The fourth-order valence-corrected chi connectivity index (χ4v) is 2.00. The quantitative estimate of drug-likeness (QED) is 0.878. The molecular weight excluding hydrogens is 252 g/mol. The van der Waals surface area contributed by atoms with Gasteiger partial charge in [0.25, 0.3) is 5.91 Å². The molecule has 0 bridgehead atoms. The zero-order valence-electron chi connectivity index (χ0n) is 11.9. The van der Waals surface area contributed by atoms with Gasteiger partial charge >= 0.3 is 0 Å². The van der Waals surface area contributed by atoms with Crippen molar-refractivity contribution in [2.75, 3.05) is 17.2 Å². The van der Waals surface area contributed by atoms with Gasteiger partial charge in [0.15, 0.2) is 5.69 Å². The second-order valence-corrected chi connectivity index (χ2v) is 4.76. The van der Waals surface area contributed by atoms with Crippen LogP contribution in [0.3, 0.4) is 0 Å². The van der Waals surface area contributed by atoms with Gasteiger partial charge in [-0.2, -0.15) is 5.10 Å². The number of unbranched alkanes of at least 4 members (excludes halogenated alkanes) is 1. The Morgan fingerprint density at radius 3 is 2.60 bits per heavy atom. The zero-order chi connectivity index (χ0) is 14.5. The fraction of sp³-hybridized carbons (Fsp3) is 0.333. The predicted octanol–water partition coefficient (Wildman–Crippen LogP) is 2.75. The smallest absolute Gasteiger partial charge is 0.280 e. The third-order valence-electron chi connectivity index (χ3n) is 3.25. The molecule has 0 radical (unpaired) electrons. The van der Waals surface area contributed by atoms with Crippen molar-refractivity contribution in [3.63, 3.8) is 0 Å². The number of rotatable bonds is 5. The molecule has 0 fully saturated rings. The molecule has 3 N–H and O–H groups in total. The molecule has 0 atom stereocenters. The molecule has 1 heterocycles. The predicted molar refractivity (Wildman–Crippen MR) is 80.8 cm³/mol. The second kappa shape index (κ2) is 6.23. The van der Waals surface area contributed by atoms with E-state index in [1.807, 2.05) is 30.3 Å². The van der Waals surface area contributed by atoms with Crippen LogP contribution in [0.1, 0.15) is 35.9 Å². The number of carbonyl (C=O) groups excluding carboxylic acids is 1. The third-order valence-corrected chi connectivity index (χ3v) is 3.25. The molecule has 1 amide bonds. The van der Waals surface area contributed by atoms with E-state index in [2.05, 4.69) is 17.1 Å². The highest BCUT2D eigenvalue weighted by molar-refractivity contribution is 6.08. The number of benzene rings is 1. The van der Waals surface area contributed by atoms with Crippen molar-refractivity contribution in [1.29, 1.82) is 0 Å². The van der Waals surface area contributed by atoms with Crippen LogP contribution in [0, 0.1) is 6.92 Å². The number of hydrogen-bond donors (Lipinski definition) is 2. The van der Waals surface area contributed by atoms with Gasteiger partial charge in [-0.1, -0.05) is 31.5 Å². The first-order valence-electron chi connectivity index (χ1n) is 6.82. The van der Waals surface area contributed by atoms with Gasteiger partial charge in [0, 0.05) is 12.2 Å². The highest BCUT2D eigenvalue weighted by Gasteiger charge is 2.22. The number of hydrogen-bond acceptors (Lipinski definition) is 3. The lowest BCUT2D eigenvalue weighted by molar-refractivity contribution is 0.0982. The minimum atomic E-state index is -0.161. The van der Waals surface area contributed by atoms with Crippen LogP contribution in [-0.2, 0) is 0 Å². The van der Waals surface area contributed by atoms with E-state index in [9.17, 15) is 4.79 Å². The Labute approximate surface area is 118 Å². The summed E-state index contributed by atoms with van der Waals surface area (Å²) in [6, 6.07) is 9.60. The van der Waals surface area contributed by atoms with Gasteiger partial charge in [-0.05, 0) is 25.5 Å². The minimum Gasteiger partial charge on any atom is -0.395 e. The largest absolute Gasteiger partial charge is 0.395 e. The van der Waals surface area contributed by atoms with Crippen LogP contribution < -0.4 is 10.6 Å². The molecule has 0 aliphatic heterocycles. The average molecular weight is 272 g/mol. The molecule has 0 aliphatic rings. The first-order valence-corrected chi connectivity index (χ1v) is 6.82. The van der Waals surface area contributed by atoms with E-state index < -0.39 is 0 Å². The maximum atomic E-state index is 12.6. The van der Waals surface area contributed by atoms with Crippen LogP contribution in [0.4, 0.5) is 11.4 Å². The van der Waals surface area contributed by atoms with Gasteiger partial charge in [-0.3, -0.25) is 9.89 Å². The van der Waals surface area contributed by atoms with Crippen molar-refractivity contribution in [2.45, 2.75) is 26.7 Å². The van der Waals surface area contributed by atoms with Gasteiger partial charge < -0.3 is 10.6 Å². The van der Waals surface area contributed by atoms with Crippen molar-refractivity contribution >= 4 is 17.3 Å². The van der Waals surface area contributed by atoms with Gasteiger partial charge in [0.05, 0.1) is 11.4 Å². The Kier molecular flexibility index (Phi) is 4.40. The summed E-state index contributed by atoms with van der Waals surface area (Å²) < 4.78 is 0. The lowest BCUT2D eigenvalue weighted by Crippen LogP contribution is -2.32. The Morgan fingerprint density at radius 2 is 2.05 bits per heavy atom. The summed E-state index contributed by atoms with van der Waals surface area (Å²) >= 11 is 0. The van der Waals surface area contributed by atoms with Crippen LogP contribution in [0.2, 0.25) is 0 Å². The van der Waals surface area contributed by atoms with Crippen molar-refractivity contribution in [3.05, 3.63) is 41.7 Å². The summed E-state index contributed by atoms with van der Waals surface area (Å²) in [7, 11) is 0. The first kappa shape index (κ1) is 14.1. The number of amides is 1. The van der Waals surface area contributed by atoms with E-state index in [4.69, 9.17) is 5.73 Å². The van der Waals surface area contributed by atoms with Crippen LogP contribution >= 0.6 is 0 Å². The molecule has 2 aromatic rings. The molecule has 2 rings (SSSR count). The number of H-pyrrole nitrogens is 1. The molecule has 0 saturated carbocycles. The Morgan fingerprint density at radius 1 is 1.35 bits per heavy atom. The number of aromatic nitrogens is 2. The first-order chi connectivity index (χ1) is 9.65. The lowest BCUT2D eigenvalue weighted by Gasteiger charge is -2.22. The maximum absolute atomic E-state index is 12.6. The third kappa shape index (κ3) is 2.82. The number of para-hydroxylation sites is 1. The fourth-order valence-electron chi connectivity index (χ4n) is 2.00. The Balaban J connectivity index is 2.31. The van der Waals surface area contributed by atoms with E-state index in [1.165, 1.54) is 0 Å². The summed E-state index contributed by atoms with van der Waals surface area (Å²) in [5.74, 6) is -0.161. The number of aryl methyl sites for hydroxylation is 1. The average Bonchev–Trinajstić information content (AvgIpc) is 2.80. The highest BCUT2D eigenvalue weighted by Crippen LogP contribution is 2.20. The Hall–Kier alpha value is -2.30.